The predicted molar refractivity (Wildman–Crippen MR) is 69.5 cm³/mol. The zero-order valence-corrected chi connectivity index (χ0v) is 11.7. The van der Waals surface area contributed by atoms with E-state index in [2.05, 4.69) is 0 Å². The molecule has 2 fully saturated rings. The van der Waals surface area contributed by atoms with E-state index < -0.39 is 10.8 Å². The van der Waals surface area contributed by atoms with Gasteiger partial charge in [0.05, 0.1) is 6.54 Å². The quantitative estimate of drug-likeness (QED) is 0.722. The van der Waals surface area contributed by atoms with Gasteiger partial charge in [0.15, 0.2) is 0 Å². The van der Waals surface area contributed by atoms with Gasteiger partial charge in [0.1, 0.15) is 6.04 Å². The van der Waals surface area contributed by atoms with Crippen LogP contribution in [-0.2, 0) is 20.4 Å². The van der Waals surface area contributed by atoms with Crippen molar-refractivity contribution < 1.29 is 13.8 Å². The highest BCUT2D eigenvalue weighted by atomic mass is 32.2. The summed E-state index contributed by atoms with van der Waals surface area (Å²) in [6.07, 6.45) is 4.07. The number of piperazine rings is 1. The van der Waals surface area contributed by atoms with Crippen LogP contribution < -0.4 is 0 Å². The molecule has 2 aliphatic heterocycles. The normalized spacial score (nSPS) is 27.3. The molecular formula is C12H20N2O3S. The van der Waals surface area contributed by atoms with E-state index in [0.717, 1.165) is 19.4 Å². The molecule has 3 atom stereocenters. The van der Waals surface area contributed by atoms with Gasteiger partial charge in [0, 0.05) is 35.4 Å². The fraction of sp³-hybridized carbons (Fsp3) is 0.833. The van der Waals surface area contributed by atoms with Crippen LogP contribution in [0.25, 0.3) is 0 Å². The lowest BCUT2D eigenvalue weighted by Crippen LogP contribution is -2.57. The molecule has 0 aromatic rings. The Morgan fingerprint density at radius 2 is 2.17 bits per heavy atom. The average Bonchev–Trinajstić information content (AvgIpc) is 2.81. The van der Waals surface area contributed by atoms with Crippen LogP contribution in [0.3, 0.4) is 0 Å². The van der Waals surface area contributed by atoms with Crippen LogP contribution in [0.1, 0.15) is 26.2 Å². The monoisotopic (exact) mass is 272 g/mol. The highest BCUT2D eigenvalue weighted by molar-refractivity contribution is 7.84. The maximum atomic E-state index is 12.2. The first-order valence-corrected chi connectivity index (χ1v) is 8.03. The van der Waals surface area contributed by atoms with Crippen molar-refractivity contribution in [3.63, 3.8) is 0 Å². The molecule has 0 N–H and O–H groups in total. The summed E-state index contributed by atoms with van der Waals surface area (Å²) in [5, 5.41) is 0.0644. The Balaban J connectivity index is 1.95. The summed E-state index contributed by atoms with van der Waals surface area (Å²) < 4.78 is 11.3. The van der Waals surface area contributed by atoms with E-state index in [4.69, 9.17) is 0 Å². The van der Waals surface area contributed by atoms with Gasteiger partial charge in [-0.25, -0.2) is 0 Å². The number of nitrogens with zero attached hydrogens (tertiary/aromatic N) is 2. The molecule has 0 bridgehead atoms. The van der Waals surface area contributed by atoms with Gasteiger partial charge in [-0.05, 0) is 19.3 Å². The molecule has 18 heavy (non-hydrogen) atoms. The second-order valence-electron chi connectivity index (χ2n) is 5.10. The van der Waals surface area contributed by atoms with Gasteiger partial charge in [-0.1, -0.05) is 6.92 Å². The standard InChI is InChI=1S/C12H20N2O3S/c1-9(18(2)17)5-7-13-8-11(15)14-6-3-4-10(14)12(13)16/h9-10H,3-8H2,1-2H3. The number of fused-ring (bicyclic) bond motifs is 1. The van der Waals surface area contributed by atoms with Crippen LogP contribution in [0.15, 0.2) is 0 Å². The molecule has 102 valence electrons. The fourth-order valence-electron chi connectivity index (χ4n) is 2.56. The molecule has 2 heterocycles. The Hall–Kier alpha value is -0.910. The van der Waals surface area contributed by atoms with E-state index in [9.17, 15) is 13.8 Å². The van der Waals surface area contributed by atoms with E-state index in [1.54, 1.807) is 16.1 Å². The SMILES string of the molecule is CC(CCN1CC(=O)N2CCCC2C1=O)S(C)=O. The van der Waals surface area contributed by atoms with Gasteiger partial charge in [0.25, 0.3) is 0 Å². The van der Waals surface area contributed by atoms with Crippen molar-refractivity contribution in [1.82, 2.24) is 9.80 Å². The van der Waals surface area contributed by atoms with E-state index >= 15 is 0 Å². The molecular weight excluding hydrogens is 252 g/mol. The number of rotatable bonds is 4. The van der Waals surface area contributed by atoms with Crippen molar-refractivity contribution >= 4 is 22.6 Å². The molecule has 5 nitrogen and oxygen atoms in total. The Kier molecular flexibility index (Phi) is 4.04. The van der Waals surface area contributed by atoms with E-state index in [-0.39, 0.29) is 29.7 Å². The van der Waals surface area contributed by atoms with Gasteiger partial charge < -0.3 is 9.80 Å². The van der Waals surface area contributed by atoms with E-state index in [0.29, 0.717) is 13.0 Å². The van der Waals surface area contributed by atoms with Gasteiger partial charge in [-0.3, -0.25) is 13.8 Å². The maximum absolute atomic E-state index is 12.2. The number of hydrogen-bond donors (Lipinski definition) is 0. The lowest BCUT2D eigenvalue weighted by Gasteiger charge is -2.36. The van der Waals surface area contributed by atoms with Gasteiger partial charge in [0.2, 0.25) is 11.8 Å². The smallest absolute Gasteiger partial charge is 0.245 e. The number of amides is 2. The van der Waals surface area contributed by atoms with Crippen molar-refractivity contribution in [2.75, 3.05) is 25.9 Å². The zero-order chi connectivity index (χ0) is 13.3. The number of carbonyl (C=O) groups excluding carboxylic acids is 2. The molecule has 0 aromatic heterocycles. The summed E-state index contributed by atoms with van der Waals surface area (Å²) in [4.78, 5) is 27.4. The van der Waals surface area contributed by atoms with Crippen molar-refractivity contribution in [2.45, 2.75) is 37.5 Å². The predicted octanol–water partition coefficient (Wildman–Crippen LogP) is -0.0233. The summed E-state index contributed by atoms with van der Waals surface area (Å²) in [6, 6.07) is -0.228. The van der Waals surface area contributed by atoms with Crippen molar-refractivity contribution in [2.24, 2.45) is 0 Å². The zero-order valence-electron chi connectivity index (χ0n) is 10.9. The number of hydrogen-bond acceptors (Lipinski definition) is 3. The lowest BCUT2D eigenvalue weighted by atomic mass is 10.1. The second-order valence-corrected chi connectivity index (χ2v) is 6.90. The molecule has 0 aromatic carbocycles. The minimum atomic E-state index is -0.873. The molecule has 2 amide bonds. The van der Waals surface area contributed by atoms with Crippen LogP contribution >= 0.6 is 0 Å². The molecule has 2 saturated heterocycles. The molecule has 0 radical (unpaired) electrons. The summed E-state index contributed by atoms with van der Waals surface area (Å²) in [6.45, 7) is 3.36. The van der Waals surface area contributed by atoms with Crippen LogP contribution in [-0.4, -0.2) is 63.0 Å². The van der Waals surface area contributed by atoms with Gasteiger partial charge >= 0.3 is 0 Å². The second kappa shape index (κ2) is 5.38. The first kappa shape index (κ1) is 13.5. The summed E-state index contributed by atoms with van der Waals surface area (Å²) in [5.41, 5.74) is 0. The number of carbonyl (C=O) groups is 2. The first-order chi connectivity index (χ1) is 8.50. The van der Waals surface area contributed by atoms with Crippen molar-refractivity contribution in [1.29, 1.82) is 0 Å². The average molecular weight is 272 g/mol. The highest BCUT2D eigenvalue weighted by Crippen LogP contribution is 2.23. The Morgan fingerprint density at radius 3 is 2.83 bits per heavy atom. The van der Waals surface area contributed by atoms with E-state index in [1.807, 2.05) is 6.92 Å². The molecule has 0 aliphatic carbocycles. The highest BCUT2D eigenvalue weighted by Gasteiger charge is 2.41. The van der Waals surface area contributed by atoms with Gasteiger partial charge in [-0.2, -0.15) is 0 Å². The van der Waals surface area contributed by atoms with E-state index in [1.165, 1.54) is 0 Å². The van der Waals surface area contributed by atoms with Crippen LogP contribution in [0.2, 0.25) is 0 Å². The molecule has 0 spiro atoms. The molecule has 6 heteroatoms. The van der Waals surface area contributed by atoms with Crippen LogP contribution in [0.5, 0.6) is 0 Å². The summed E-state index contributed by atoms with van der Waals surface area (Å²) in [7, 11) is -0.873. The van der Waals surface area contributed by atoms with Crippen molar-refractivity contribution in [3.05, 3.63) is 0 Å². The Morgan fingerprint density at radius 1 is 1.44 bits per heavy atom. The maximum Gasteiger partial charge on any atom is 0.245 e. The third-order valence-corrected chi connectivity index (χ3v) is 5.24. The molecule has 2 rings (SSSR count). The van der Waals surface area contributed by atoms with Gasteiger partial charge in [-0.15, -0.1) is 0 Å². The first-order valence-electron chi connectivity index (χ1n) is 6.41. The van der Waals surface area contributed by atoms with Crippen LogP contribution in [0.4, 0.5) is 0 Å². The Bertz CT molecular complexity index is 386. The third-order valence-electron chi connectivity index (χ3n) is 3.87. The minimum absolute atomic E-state index is 0.0578. The Labute approximate surface area is 110 Å². The molecule has 3 unspecified atom stereocenters. The largest absolute Gasteiger partial charge is 0.332 e. The third kappa shape index (κ3) is 2.58. The lowest BCUT2D eigenvalue weighted by molar-refractivity contribution is -0.153. The molecule has 2 aliphatic rings. The summed E-state index contributed by atoms with van der Waals surface area (Å²) in [5.74, 6) is 0.128. The van der Waals surface area contributed by atoms with Crippen molar-refractivity contribution in [3.8, 4) is 0 Å². The van der Waals surface area contributed by atoms with Crippen LogP contribution in [0, 0.1) is 0 Å². The molecule has 0 saturated carbocycles. The summed E-state index contributed by atoms with van der Waals surface area (Å²) >= 11 is 0. The topological polar surface area (TPSA) is 57.7 Å². The minimum Gasteiger partial charge on any atom is -0.332 e. The fourth-order valence-corrected chi connectivity index (χ4v) is 2.99.